The van der Waals surface area contributed by atoms with E-state index in [1.54, 1.807) is 0 Å². The van der Waals surface area contributed by atoms with Crippen molar-refractivity contribution in [3.05, 3.63) is 59.2 Å². The van der Waals surface area contributed by atoms with Crippen LogP contribution in [0.25, 0.3) is 0 Å². The number of benzene rings is 2. The number of hydrogen-bond acceptors (Lipinski definition) is 5. The van der Waals surface area contributed by atoms with Gasteiger partial charge in [-0.05, 0) is 54.9 Å². The summed E-state index contributed by atoms with van der Waals surface area (Å²) in [6.45, 7) is 4.72. The second kappa shape index (κ2) is 10.2. The molecule has 0 unspecified atom stereocenters. The summed E-state index contributed by atoms with van der Waals surface area (Å²) in [4.78, 5) is 31.7. The summed E-state index contributed by atoms with van der Waals surface area (Å²) in [5.74, 6) is -1.75. The van der Waals surface area contributed by atoms with Crippen molar-refractivity contribution >= 4 is 23.2 Å². The van der Waals surface area contributed by atoms with E-state index < -0.39 is 23.6 Å². The van der Waals surface area contributed by atoms with E-state index in [-0.39, 0.29) is 18.3 Å². The van der Waals surface area contributed by atoms with Crippen LogP contribution in [0.2, 0.25) is 0 Å². The third-order valence-corrected chi connectivity index (χ3v) is 6.73. The van der Waals surface area contributed by atoms with Gasteiger partial charge < -0.3 is 20.4 Å². The number of nitrogens with zero attached hydrogens (tertiary/aromatic N) is 3. The topological polar surface area (TPSA) is 67.9 Å². The lowest BCUT2D eigenvalue weighted by Gasteiger charge is -2.38. The molecule has 0 aliphatic carbocycles. The highest BCUT2D eigenvalue weighted by molar-refractivity contribution is 6.39. The van der Waals surface area contributed by atoms with Gasteiger partial charge in [-0.2, -0.15) is 13.2 Å². The summed E-state index contributed by atoms with van der Waals surface area (Å²) in [5.41, 5.74) is 2.88. The smallest absolute Gasteiger partial charge is 0.374 e. The number of nitrogens with one attached hydrogen (secondary N) is 2. The molecule has 1 fully saturated rings. The molecular formula is C25H30F3N5O2. The summed E-state index contributed by atoms with van der Waals surface area (Å²) in [6.07, 6.45) is -3.50. The van der Waals surface area contributed by atoms with Crippen molar-refractivity contribution in [2.45, 2.75) is 18.6 Å². The van der Waals surface area contributed by atoms with E-state index in [4.69, 9.17) is 0 Å². The van der Waals surface area contributed by atoms with Crippen molar-refractivity contribution in [1.29, 1.82) is 0 Å². The van der Waals surface area contributed by atoms with Crippen LogP contribution in [0.4, 0.5) is 24.5 Å². The maximum Gasteiger partial charge on any atom is 0.416 e. The number of anilines is 2. The van der Waals surface area contributed by atoms with E-state index in [0.29, 0.717) is 0 Å². The fraction of sp³-hybridized carbons (Fsp3) is 0.440. The van der Waals surface area contributed by atoms with Crippen LogP contribution in [-0.2, 0) is 22.2 Å². The molecule has 2 aliphatic heterocycles. The van der Waals surface area contributed by atoms with Crippen LogP contribution in [-0.4, -0.2) is 75.0 Å². The van der Waals surface area contributed by atoms with Crippen molar-refractivity contribution in [2.75, 3.05) is 63.6 Å². The van der Waals surface area contributed by atoms with Gasteiger partial charge >= 0.3 is 18.0 Å². The number of likely N-dealkylation sites (N-methyl/N-ethyl adjacent to an activating group) is 2. The molecule has 2 aromatic carbocycles. The van der Waals surface area contributed by atoms with Gasteiger partial charge in [0, 0.05) is 57.7 Å². The summed E-state index contributed by atoms with van der Waals surface area (Å²) >= 11 is 0. The van der Waals surface area contributed by atoms with Crippen LogP contribution in [0.3, 0.4) is 0 Å². The van der Waals surface area contributed by atoms with Gasteiger partial charge in [-0.3, -0.25) is 14.5 Å². The summed E-state index contributed by atoms with van der Waals surface area (Å²) in [6, 6.07) is 10.3. The first-order chi connectivity index (χ1) is 16.6. The minimum Gasteiger partial charge on any atom is -0.374 e. The molecule has 1 saturated heterocycles. The van der Waals surface area contributed by atoms with Gasteiger partial charge in [0.05, 0.1) is 11.6 Å². The van der Waals surface area contributed by atoms with E-state index >= 15 is 0 Å². The number of fused-ring (bicyclic) bond motifs is 1. The van der Waals surface area contributed by atoms with Gasteiger partial charge in [-0.1, -0.05) is 12.1 Å². The Morgan fingerprint density at radius 3 is 2.29 bits per heavy atom. The first-order valence-electron chi connectivity index (χ1n) is 11.6. The summed E-state index contributed by atoms with van der Waals surface area (Å²) < 4.78 is 38.2. The molecule has 2 N–H and O–H groups in total. The Labute approximate surface area is 202 Å². The second-order valence-corrected chi connectivity index (χ2v) is 9.15. The average molecular weight is 490 g/mol. The van der Waals surface area contributed by atoms with Crippen molar-refractivity contribution < 1.29 is 22.8 Å². The molecule has 0 radical (unpaired) electrons. The molecule has 35 heavy (non-hydrogen) atoms. The highest BCUT2D eigenvalue weighted by Gasteiger charge is 2.30. The lowest BCUT2D eigenvalue weighted by Crippen LogP contribution is -2.49. The monoisotopic (exact) mass is 489 g/mol. The largest absolute Gasteiger partial charge is 0.416 e. The Bertz CT molecular complexity index is 1070. The van der Waals surface area contributed by atoms with Crippen LogP contribution in [0.1, 0.15) is 22.7 Å². The van der Waals surface area contributed by atoms with Gasteiger partial charge in [-0.15, -0.1) is 0 Å². The van der Waals surface area contributed by atoms with E-state index in [9.17, 15) is 22.8 Å². The standard InChI is InChI=1S/C25H30F3N5O2/c1-31-11-13-33(14-12-31)22(17-3-8-21-18(15-17)9-10-32(21)2)16-29-23(34)24(35)30-20-6-4-19(5-7-20)25(26,27)28/h3-8,15,22H,9-14,16H2,1-2H3,(H,29,34)(H,30,35)/t22-/m0/s1. The molecular weight excluding hydrogens is 459 g/mol. The molecule has 7 nitrogen and oxygen atoms in total. The average Bonchev–Trinajstić information content (AvgIpc) is 3.20. The van der Waals surface area contributed by atoms with E-state index in [2.05, 4.69) is 57.6 Å². The van der Waals surface area contributed by atoms with Crippen molar-refractivity contribution in [3.63, 3.8) is 0 Å². The third kappa shape index (κ3) is 5.94. The van der Waals surface area contributed by atoms with E-state index in [1.165, 1.54) is 11.3 Å². The predicted molar refractivity (Wildman–Crippen MR) is 128 cm³/mol. The maximum absolute atomic E-state index is 12.7. The van der Waals surface area contributed by atoms with Crippen LogP contribution in [0.5, 0.6) is 0 Å². The summed E-state index contributed by atoms with van der Waals surface area (Å²) in [5, 5.41) is 5.09. The van der Waals surface area contributed by atoms with E-state index in [0.717, 1.165) is 69.0 Å². The number of carbonyl (C=O) groups excluding carboxylic acids is 2. The molecule has 0 aromatic heterocycles. The zero-order valence-electron chi connectivity index (χ0n) is 19.9. The number of carbonyl (C=O) groups is 2. The zero-order valence-corrected chi connectivity index (χ0v) is 19.9. The molecule has 0 bridgehead atoms. The number of piperazine rings is 1. The first-order valence-corrected chi connectivity index (χ1v) is 11.6. The lowest BCUT2D eigenvalue weighted by molar-refractivity contribution is -0.137. The Morgan fingerprint density at radius 1 is 0.943 bits per heavy atom. The molecule has 0 spiro atoms. The fourth-order valence-electron chi connectivity index (χ4n) is 4.59. The molecule has 0 saturated carbocycles. The molecule has 2 aromatic rings. The minimum absolute atomic E-state index is 0.0947. The number of amides is 2. The molecule has 2 aliphatic rings. The SMILES string of the molecule is CN1CCN([C@@H](CNC(=O)C(=O)Nc2ccc(C(F)(F)F)cc2)c2ccc3c(c2)CCN3C)CC1. The number of hydrogen-bond donors (Lipinski definition) is 2. The molecule has 4 rings (SSSR count). The Balaban J connectivity index is 1.42. The predicted octanol–water partition coefficient (Wildman–Crippen LogP) is 2.74. The second-order valence-electron chi connectivity index (χ2n) is 9.15. The highest BCUT2D eigenvalue weighted by atomic mass is 19.4. The van der Waals surface area contributed by atoms with Gasteiger partial charge in [0.1, 0.15) is 0 Å². The molecule has 188 valence electrons. The zero-order chi connectivity index (χ0) is 25.2. The van der Waals surface area contributed by atoms with Crippen molar-refractivity contribution in [1.82, 2.24) is 15.1 Å². The molecule has 2 amide bonds. The highest BCUT2D eigenvalue weighted by Crippen LogP contribution is 2.32. The Kier molecular flexibility index (Phi) is 7.32. The molecule has 1 atom stereocenters. The first kappa shape index (κ1) is 25.0. The maximum atomic E-state index is 12.7. The Morgan fingerprint density at radius 2 is 1.63 bits per heavy atom. The van der Waals surface area contributed by atoms with Gasteiger partial charge in [0.25, 0.3) is 0 Å². The van der Waals surface area contributed by atoms with Gasteiger partial charge in [0.2, 0.25) is 0 Å². The van der Waals surface area contributed by atoms with Crippen LogP contribution in [0.15, 0.2) is 42.5 Å². The van der Waals surface area contributed by atoms with Crippen molar-refractivity contribution in [2.24, 2.45) is 0 Å². The molecule has 10 heteroatoms. The van der Waals surface area contributed by atoms with E-state index in [1.807, 2.05) is 0 Å². The van der Waals surface area contributed by atoms with Gasteiger partial charge in [-0.25, -0.2) is 0 Å². The van der Waals surface area contributed by atoms with Gasteiger partial charge in [0.15, 0.2) is 0 Å². The Hall–Kier alpha value is -3.11. The summed E-state index contributed by atoms with van der Waals surface area (Å²) in [7, 11) is 4.14. The van der Waals surface area contributed by atoms with Crippen LogP contribution < -0.4 is 15.5 Å². The third-order valence-electron chi connectivity index (χ3n) is 6.73. The lowest BCUT2D eigenvalue weighted by atomic mass is 10.00. The number of alkyl halides is 3. The number of halogens is 3. The van der Waals surface area contributed by atoms with Crippen LogP contribution in [0, 0.1) is 0 Å². The fourth-order valence-corrected chi connectivity index (χ4v) is 4.59. The van der Waals surface area contributed by atoms with Crippen LogP contribution >= 0.6 is 0 Å². The quantitative estimate of drug-likeness (QED) is 0.633. The van der Waals surface area contributed by atoms with Crippen molar-refractivity contribution in [3.8, 4) is 0 Å². The molecule has 2 heterocycles. The normalized spacial score (nSPS) is 17.7. The number of rotatable bonds is 5. The minimum atomic E-state index is -4.47.